The van der Waals surface area contributed by atoms with Gasteiger partial charge < -0.3 is 0 Å². The fourth-order valence-electron chi connectivity index (χ4n) is 5.55. The zero-order valence-corrected chi connectivity index (χ0v) is 26.1. The third-order valence-electron chi connectivity index (χ3n) is 8.22. The Balaban J connectivity index is 1.67. The van der Waals surface area contributed by atoms with E-state index in [4.69, 9.17) is 28.4 Å². The Morgan fingerprint density at radius 3 is 2.05 bits per heavy atom. The summed E-state index contributed by atoms with van der Waals surface area (Å²) in [4.78, 5) is 48.9. The van der Waals surface area contributed by atoms with Crippen LogP contribution in [-0.2, 0) is 42.8 Å². The molecule has 41 heavy (non-hydrogen) atoms. The van der Waals surface area contributed by atoms with Crippen LogP contribution in [0.5, 0.6) is 0 Å². The minimum atomic E-state index is -0.908. The summed E-state index contributed by atoms with van der Waals surface area (Å²) in [5.41, 5.74) is -0.207. The van der Waals surface area contributed by atoms with E-state index in [9.17, 15) is 19.2 Å². The van der Waals surface area contributed by atoms with Crippen molar-refractivity contribution >= 4 is 42.3 Å². The summed E-state index contributed by atoms with van der Waals surface area (Å²) in [5, 5.41) is 0.589. The van der Waals surface area contributed by atoms with E-state index in [1.807, 2.05) is 26.0 Å². The van der Waals surface area contributed by atoms with Gasteiger partial charge in [0.05, 0.1) is 0 Å². The summed E-state index contributed by atoms with van der Waals surface area (Å²) in [5.74, 6) is -1.64. The van der Waals surface area contributed by atoms with Gasteiger partial charge in [-0.05, 0) is 0 Å². The van der Waals surface area contributed by atoms with Crippen LogP contribution in [0.1, 0.15) is 54.7 Å². The van der Waals surface area contributed by atoms with Crippen LogP contribution in [0.4, 0.5) is 0 Å². The van der Waals surface area contributed by atoms with Crippen molar-refractivity contribution in [2.45, 2.75) is 85.4 Å². The Bertz CT molecular complexity index is 1300. The Morgan fingerprint density at radius 2 is 1.44 bits per heavy atom. The molecule has 0 N–H and O–H groups in total. The average molecular weight is 641 g/mol. The molecule has 0 bridgehead atoms. The zero-order valence-electron chi connectivity index (χ0n) is 24.4. The van der Waals surface area contributed by atoms with Gasteiger partial charge in [0, 0.05) is 6.92 Å². The van der Waals surface area contributed by atoms with Crippen molar-refractivity contribution in [1.29, 1.82) is 0 Å². The molecule has 1 aromatic heterocycles. The fraction of sp³-hybridized carbons (Fsp3) is 0.655. The molecule has 4 rings (SSSR count). The number of fused-ring (bicyclic) bond motifs is 1. The van der Waals surface area contributed by atoms with Gasteiger partial charge >= 0.3 is 234 Å². The molecule has 226 valence electrons. The fourth-order valence-corrected chi connectivity index (χ4v) is 7.78. The monoisotopic (exact) mass is 641 g/mol. The number of carbonyl (C=O) groups is 3. The Labute approximate surface area is 245 Å². The molecule has 0 spiro atoms. The van der Waals surface area contributed by atoms with E-state index in [0.717, 1.165) is 4.26 Å². The molecule has 0 radical (unpaired) electrons. The molecule has 3 heterocycles. The normalized spacial score (nSPS) is 33.7. The third-order valence-corrected chi connectivity index (χ3v) is 10.6. The number of rotatable bonds is 8. The summed E-state index contributed by atoms with van der Waals surface area (Å²) in [6, 6.07) is 7.35. The Hall–Kier alpha value is -2.50. The number of nitrogens with zero attached hydrogens (tertiary/aromatic N) is 1. The molecule has 0 aliphatic carbocycles. The first kappa shape index (κ1) is 31.4. The minimum absolute atomic E-state index is 0.0388. The van der Waals surface area contributed by atoms with E-state index < -0.39 is 69.4 Å². The molecular formula is C29H39NO10Se. The number of esters is 3. The van der Waals surface area contributed by atoms with Crippen molar-refractivity contribution in [2.24, 2.45) is 23.7 Å². The van der Waals surface area contributed by atoms with Crippen molar-refractivity contribution < 1.29 is 42.8 Å². The van der Waals surface area contributed by atoms with Crippen molar-refractivity contribution in [3.8, 4) is 0 Å². The molecule has 12 heteroatoms. The van der Waals surface area contributed by atoms with Gasteiger partial charge in [-0.3, -0.25) is 4.79 Å². The Morgan fingerprint density at radius 1 is 0.805 bits per heavy atom. The van der Waals surface area contributed by atoms with Crippen molar-refractivity contribution in [1.82, 2.24) is 3.56 Å². The van der Waals surface area contributed by atoms with Crippen molar-refractivity contribution in [3.63, 3.8) is 0 Å². The molecule has 0 saturated carbocycles. The molecule has 2 fully saturated rings. The molecular weight excluding hydrogens is 601 g/mol. The van der Waals surface area contributed by atoms with Gasteiger partial charge in [-0.2, -0.15) is 0 Å². The molecule has 2 aromatic rings. The van der Waals surface area contributed by atoms with Crippen LogP contribution in [0.3, 0.4) is 0 Å². The second-order valence-electron chi connectivity index (χ2n) is 11.0. The van der Waals surface area contributed by atoms with Gasteiger partial charge in [0.25, 0.3) is 0 Å². The summed E-state index contributed by atoms with van der Waals surface area (Å²) in [7, 11) is 0. The van der Waals surface area contributed by atoms with Crippen LogP contribution in [0, 0.1) is 23.7 Å². The van der Waals surface area contributed by atoms with Crippen LogP contribution < -0.4 is 5.56 Å². The van der Waals surface area contributed by atoms with E-state index >= 15 is 0 Å². The van der Waals surface area contributed by atoms with E-state index in [0.29, 0.717) is 5.39 Å². The van der Waals surface area contributed by atoms with Gasteiger partial charge in [0.2, 0.25) is 0 Å². The zero-order chi connectivity index (χ0) is 30.0. The van der Waals surface area contributed by atoms with E-state index in [2.05, 4.69) is 13.8 Å². The number of hydrogen-bond acceptors (Lipinski definition) is 10. The quantitative estimate of drug-likeness (QED) is 0.241. The molecule has 10 atom stereocenters. The summed E-state index contributed by atoms with van der Waals surface area (Å²) < 4.78 is 38.3. The SMILES string of the molecule is CC(=O)OCC1O[C@H](O[C@@H]2C(COC(C)=O)O[C@@H](n3[se]c4ccccc4c3=O)C(OC(C)=O)[C@H]2C)C(C)[C@@H](C)[C@@H]1C. The van der Waals surface area contributed by atoms with E-state index in [1.54, 1.807) is 15.7 Å². The average Bonchev–Trinajstić information content (AvgIpc) is 3.25. The third kappa shape index (κ3) is 6.94. The van der Waals surface area contributed by atoms with E-state index in [1.165, 1.54) is 20.8 Å². The van der Waals surface area contributed by atoms with Crippen molar-refractivity contribution in [3.05, 3.63) is 34.6 Å². The topological polar surface area (TPSA) is 129 Å². The second-order valence-corrected chi connectivity index (χ2v) is 13.2. The van der Waals surface area contributed by atoms with Gasteiger partial charge in [-0.25, -0.2) is 0 Å². The van der Waals surface area contributed by atoms with Gasteiger partial charge in [-0.1, -0.05) is 0 Å². The van der Waals surface area contributed by atoms with Crippen LogP contribution in [0.25, 0.3) is 9.65 Å². The number of benzene rings is 1. The maximum atomic E-state index is 13.4. The first-order valence-corrected chi connectivity index (χ1v) is 15.5. The predicted octanol–water partition coefficient (Wildman–Crippen LogP) is 2.67. The number of aromatic nitrogens is 1. The Kier molecular flexibility index (Phi) is 10.1. The van der Waals surface area contributed by atoms with Gasteiger partial charge in [0.1, 0.15) is 0 Å². The first-order valence-electron chi connectivity index (χ1n) is 13.9. The van der Waals surface area contributed by atoms with Crippen molar-refractivity contribution in [2.75, 3.05) is 13.2 Å². The standard InChI is InChI=1S/C29H39NO10Se/c1-14-15(2)22(12-35-18(5)31)39-29(16(14)3)40-25-17(4)26(37-20(7)33)28(38-23(25)13-36-19(6)32)30-27(34)21-10-8-9-11-24(21)41-30/h8-11,14-17,22-23,25-26,28-29H,12-13H2,1-7H3/t14-,15-,16?,17-,22?,23?,25-,26?,28+,29+/m0/s1. The van der Waals surface area contributed by atoms with Gasteiger partial charge in [0.15, 0.2) is 0 Å². The number of ether oxygens (including phenoxy) is 6. The van der Waals surface area contributed by atoms with Crippen LogP contribution >= 0.6 is 0 Å². The van der Waals surface area contributed by atoms with Gasteiger partial charge in [-0.15, -0.1) is 0 Å². The summed E-state index contributed by atoms with van der Waals surface area (Å²) >= 11 is -0.410. The molecule has 2 saturated heterocycles. The van der Waals surface area contributed by atoms with Crippen LogP contribution in [0.2, 0.25) is 0 Å². The molecule has 1 aromatic carbocycles. The molecule has 2 aliphatic heterocycles. The molecule has 4 unspecified atom stereocenters. The first-order chi connectivity index (χ1) is 19.4. The second kappa shape index (κ2) is 13.2. The predicted molar refractivity (Wildman–Crippen MR) is 148 cm³/mol. The van der Waals surface area contributed by atoms with Crippen LogP contribution in [-0.4, -0.2) is 80.1 Å². The molecule has 2 aliphatic rings. The number of hydrogen-bond donors (Lipinski definition) is 0. The molecule has 11 nitrogen and oxygen atoms in total. The number of carbonyl (C=O) groups excluding carboxylic acids is 3. The van der Waals surface area contributed by atoms with E-state index in [-0.39, 0.29) is 42.6 Å². The summed E-state index contributed by atoms with van der Waals surface area (Å²) in [6.07, 6.45) is -4.34. The maximum absolute atomic E-state index is 13.4. The van der Waals surface area contributed by atoms with Crippen LogP contribution in [0.15, 0.2) is 29.1 Å². The molecule has 0 amide bonds. The summed E-state index contributed by atoms with van der Waals surface area (Å²) in [6.45, 7) is 12.0.